The van der Waals surface area contributed by atoms with Crippen LogP contribution in [0.2, 0.25) is 5.02 Å². The zero-order chi connectivity index (χ0) is 39.4. The smallest absolute Gasteiger partial charge is 0.301 e. The molecule has 6 atom stereocenters. The van der Waals surface area contributed by atoms with E-state index in [0.717, 1.165) is 28.0 Å². The Kier molecular flexibility index (Phi) is 8.08. The largest absolute Gasteiger partial charge is 0.507 e. The Hall–Kier alpha value is -6.22. The molecule has 8 rings (SSSR count). The first-order chi connectivity index (χ1) is 26.1. The number of amides is 4. The minimum Gasteiger partial charge on any atom is -0.507 e. The van der Waals surface area contributed by atoms with Crippen LogP contribution < -0.4 is 14.7 Å². The third-order valence-corrected chi connectivity index (χ3v) is 12.1. The molecule has 0 aromatic heterocycles. The summed E-state index contributed by atoms with van der Waals surface area (Å²) < 4.78 is 14.3. The van der Waals surface area contributed by atoms with Gasteiger partial charge < -0.3 is 10.0 Å². The Balaban J connectivity index is 1.30. The van der Waals surface area contributed by atoms with Crippen molar-refractivity contribution in [3.8, 4) is 5.75 Å². The fourth-order valence-electron chi connectivity index (χ4n) is 9.50. The lowest BCUT2D eigenvalue weighted by Gasteiger charge is -2.49. The summed E-state index contributed by atoms with van der Waals surface area (Å²) in [5, 5.41) is 35.9. The lowest BCUT2D eigenvalue weighted by atomic mass is 9.51. The van der Waals surface area contributed by atoms with Crippen LogP contribution in [-0.4, -0.2) is 52.7 Å². The second kappa shape index (κ2) is 12.4. The molecule has 0 bridgehead atoms. The SMILES string of the molecule is CN(C)c1c([N+](=O)[O-])cc(N2C(=O)C3CC=C4C(CC5C(=O)N(c6ccc(F)c(Cl)c6)C(=O)C5(C)C4c4ccc(O)c5ccccc45)C3C2=O)cc1[N+](=O)[O-]. The van der Waals surface area contributed by atoms with Crippen LogP contribution >= 0.6 is 11.6 Å². The molecule has 6 unspecified atom stereocenters. The van der Waals surface area contributed by atoms with Gasteiger partial charge in [-0.25, -0.2) is 14.2 Å². The number of nitro groups is 2. The highest BCUT2D eigenvalue weighted by molar-refractivity contribution is 6.32. The fraction of sp³-hybridized carbons (Fsp3) is 0.282. The number of hydrogen-bond acceptors (Lipinski definition) is 10. The van der Waals surface area contributed by atoms with E-state index < -0.39 is 85.7 Å². The first kappa shape index (κ1) is 35.8. The quantitative estimate of drug-likeness (QED) is 0.0964. The van der Waals surface area contributed by atoms with Crippen molar-refractivity contribution >= 4 is 74.4 Å². The summed E-state index contributed by atoms with van der Waals surface area (Å²) in [6.07, 6.45) is 1.80. The molecule has 4 amide bonds. The minimum atomic E-state index is -1.47. The summed E-state index contributed by atoms with van der Waals surface area (Å²) in [5.74, 6) is -8.18. The van der Waals surface area contributed by atoms with Crippen molar-refractivity contribution in [3.63, 3.8) is 0 Å². The lowest BCUT2D eigenvalue weighted by Crippen LogP contribution is -2.49. The molecule has 2 aliphatic heterocycles. The number of nitro benzene ring substituents is 2. The van der Waals surface area contributed by atoms with Crippen LogP contribution in [0.3, 0.4) is 0 Å². The summed E-state index contributed by atoms with van der Waals surface area (Å²) in [4.78, 5) is 83.9. The first-order valence-electron chi connectivity index (χ1n) is 17.3. The van der Waals surface area contributed by atoms with E-state index in [4.69, 9.17) is 11.6 Å². The van der Waals surface area contributed by atoms with Gasteiger partial charge in [0.2, 0.25) is 23.6 Å². The first-order valence-corrected chi connectivity index (χ1v) is 17.7. The summed E-state index contributed by atoms with van der Waals surface area (Å²) in [5.41, 5.74) is -2.19. The average molecular weight is 768 g/mol. The van der Waals surface area contributed by atoms with E-state index in [-0.39, 0.29) is 40.7 Å². The topological polar surface area (TPSA) is 185 Å². The molecule has 4 aliphatic rings. The number of anilines is 3. The van der Waals surface area contributed by atoms with E-state index in [0.29, 0.717) is 21.9 Å². The summed E-state index contributed by atoms with van der Waals surface area (Å²) in [6.45, 7) is 1.68. The number of halogens is 2. The molecule has 3 fully saturated rings. The zero-order valence-electron chi connectivity index (χ0n) is 29.4. The molecule has 1 saturated carbocycles. The third kappa shape index (κ3) is 4.98. The molecule has 16 heteroatoms. The zero-order valence-corrected chi connectivity index (χ0v) is 30.2. The van der Waals surface area contributed by atoms with Gasteiger partial charge in [0.25, 0.3) is 0 Å². The summed E-state index contributed by atoms with van der Waals surface area (Å²) >= 11 is 6.10. The second-order valence-corrected chi connectivity index (χ2v) is 15.1. The molecule has 280 valence electrons. The van der Waals surface area contributed by atoms with Crippen LogP contribution in [0.25, 0.3) is 10.8 Å². The lowest BCUT2D eigenvalue weighted by molar-refractivity contribution is -0.392. The van der Waals surface area contributed by atoms with Crippen molar-refractivity contribution in [3.05, 3.63) is 115 Å². The van der Waals surface area contributed by atoms with E-state index in [9.17, 15) is 48.9 Å². The third-order valence-electron chi connectivity index (χ3n) is 11.8. The molecule has 4 aromatic rings. The van der Waals surface area contributed by atoms with Gasteiger partial charge >= 0.3 is 11.4 Å². The molecule has 0 radical (unpaired) electrons. The maximum atomic E-state index is 14.8. The number of fused-ring (bicyclic) bond motifs is 5. The van der Waals surface area contributed by atoms with Crippen LogP contribution in [0.4, 0.5) is 32.8 Å². The number of nitrogens with zero attached hydrogens (tertiary/aromatic N) is 5. The molecule has 2 saturated heterocycles. The van der Waals surface area contributed by atoms with Crippen LogP contribution in [0.15, 0.2) is 78.4 Å². The summed E-state index contributed by atoms with van der Waals surface area (Å²) in [6, 6.07) is 15.6. The average Bonchev–Trinajstić information content (AvgIpc) is 3.52. The number of rotatable bonds is 6. The van der Waals surface area contributed by atoms with Crippen LogP contribution in [0.1, 0.15) is 31.2 Å². The van der Waals surface area contributed by atoms with E-state index in [1.807, 2.05) is 6.08 Å². The normalized spacial score (nSPS) is 25.8. The Morgan fingerprint density at radius 1 is 0.855 bits per heavy atom. The van der Waals surface area contributed by atoms with Crippen LogP contribution in [-0.2, 0) is 19.2 Å². The molecule has 2 aliphatic carbocycles. The van der Waals surface area contributed by atoms with Crippen molar-refractivity contribution in [2.75, 3.05) is 28.8 Å². The molecule has 2 heterocycles. The fourth-order valence-corrected chi connectivity index (χ4v) is 9.67. The van der Waals surface area contributed by atoms with Crippen molar-refractivity contribution < 1.29 is 38.5 Å². The molecule has 14 nitrogen and oxygen atoms in total. The Bertz CT molecular complexity index is 2450. The van der Waals surface area contributed by atoms with Gasteiger partial charge in [0.05, 0.1) is 49.4 Å². The van der Waals surface area contributed by atoms with Gasteiger partial charge in [-0.1, -0.05) is 53.6 Å². The minimum absolute atomic E-state index is 0.0156. The van der Waals surface area contributed by atoms with Gasteiger partial charge in [-0.2, -0.15) is 0 Å². The number of allylic oxidation sites excluding steroid dienone is 2. The molecule has 4 aromatic carbocycles. The maximum absolute atomic E-state index is 14.8. The van der Waals surface area contributed by atoms with Crippen molar-refractivity contribution in [2.24, 2.45) is 29.1 Å². The molecule has 55 heavy (non-hydrogen) atoms. The van der Waals surface area contributed by atoms with Gasteiger partial charge in [-0.15, -0.1) is 0 Å². The number of phenols is 1. The van der Waals surface area contributed by atoms with Crippen molar-refractivity contribution in [1.29, 1.82) is 0 Å². The number of phenolic OH excluding ortho intramolecular Hbond substituents is 1. The number of hydrogen-bond donors (Lipinski definition) is 1. The van der Waals surface area contributed by atoms with Crippen molar-refractivity contribution in [2.45, 2.75) is 25.7 Å². The van der Waals surface area contributed by atoms with E-state index >= 15 is 0 Å². The predicted octanol–water partition coefficient (Wildman–Crippen LogP) is 6.66. The maximum Gasteiger partial charge on any atom is 0.301 e. The van der Waals surface area contributed by atoms with Crippen molar-refractivity contribution in [1.82, 2.24) is 0 Å². The Labute approximate surface area is 316 Å². The standard InChI is InChI=1S/C39H31ClFN5O9/c1-39-26(36(49)44(38(39)51)18-8-12-28(41)27(40)14-18)17-25-23(33(39)22-11-13-31(47)21-7-5-4-6-20(21)22)9-10-24-32(25)37(50)43(35(24)48)19-15-29(45(52)53)34(42(2)3)30(16-19)46(54)55/h4-9,11-16,24-26,32-33,47H,10,17H2,1-3H3. The Morgan fingerprint density at radius 3 is 2.13 bits per heavy atom. The highest BCUT2D eigenvalue weighted by Gasteiger charge is 2.68. The van der Waals surface area contributed by atoms with Gasteiger partial charge in [0.15, 0.2) is 5.69 Å². The Morgan fingerprint density at radius 2 is 1.51 bits per heavy atom. The summed E-state index contributed by atoms with van der Waals surface area (Å²) in [7, 11) is 2.79. The number of carbonyl (C=O) groups is 4. The van der Waals surface area contributed by atoms with E-state index in [1.54, 1.807) is 37.3 Å². The molecule has 0 spiro atoms. The number of aromatic hydroxyl groups is 1. The molecule has 1 N–H and O–H groups in total. The van der Waals surface area contributed by atoms with E-state index in [1.165, 1.54) is 37.2 Å². The second-order valence-electron chi connectivity index (χ2n) is 14.7. The number of imide groups is 2. The van der Waals surface area contributed by atoms with Gasteiger partial charge in [0, 0.05) is 37.5 Å². The molecular weight excluding hydrogens is 737 g/mol. The monoisotopic (exact) mass is 767 g/mol. The number of benzene rings is 4. The van der Waals surface area contributed by atoms with Gasteiger partial charge in [-0.3, -0.25) is 39.4 Å². The van der Waals surface area contributed by atoms with Gasteiger partial charge in [-0.05, 0) is 60.9 Å². The van der Waals surface area contributed by atoms with Crippen LogP contribution in [0, 0.1) is 55.1 Å². The highest BCUT2D eigenvalue weighted by atomic mass is 35.5. The highest BCUT2D eigenvalue weighted by Crippen LogP contribution is 2.64. The van der Waals surface area contributed by atoms with Gasteiger partial charge in [0.1, 0.15) is 11.6 Å². The predicted molar refractivity (Wildman–Crippen MR) is 198 cm³/mol. The van der Waals surface area contributed by atoms with E-state index in [2.05, 4.69) is 0 Å². The number of carbonyl (C=O) groups excluding carboxylic acids is 4. The van der Waals surface area contributed by atoms with Crippen LogP contribution in [0.5, 0.6) is 5.75 Å². The molecular formula is C39H31ClFN5O9.